The van der Waals surface area contributed by atoms with Crippen molar-refractivity contribution < 1.29 is 0 Å². The molecule has 8 heavy (non-hydrogen) atoms. The van der Waals surface area contributed by atoms with Gasteiger partial charge in [-0.2, -0.15) is 0 Å². The van der Waals surface area contributed by atoms with Crippen LogP contribution >= 0.6 is 0 Å². The van der Waals surface area contributed by atoms with Crippen molar-refractivity contribution in [2.45, 2.75) is 6.42 Å². The van der Waals surface area contributed by atoms with Gasteiger partial charge >= 0.3 is 0 Å². The first kappa shape index (κ1) is 5.01. The first-order chi connectivity index (χ1) is 3.88. The lowest BCUT2D eigenvalue weighted by Crippen LogP contribution is -2.07. The summed E-state index contributed by atoms with van der Waals surface area (Å²) in [5.41, 5.74) is 0.979. The number of terminal acetylenes is 2. The molecule has 0 fully saturated rings. The van der Waals surface area contributed by atoms with E-state index in [4.69, 9.17) is 12.8 Å². The van der Waals surface area contributed by atoms with E-state index < -0.39 is 0 Å². The topological polar surface area (TPSA) is 0 Å². The molecule has 0 nitrogen and oxygen atoms in total. The number of hydrogen-bond donors (Lipinski definition) is 0. The quantitative estimate of drug-likeness (QED) is 0.403. The minimum atomic E-state index is 0.250. The lowest BCUT2D eigenvalue weighted by atomic mass is 9.86. The molecule has 0 aliphatic heterocycles. The zero-order valence-electron chi connectivity index (χ0n) is 4.52. The van der Waals surface area contributed by atoms with Crippen LogP contribution in [0.4, 0.5) is 0 Å². The summed E-state index contributed by atoms with van der Waals surface area (Å²) in [7, 11) is 0. The highest BCUT2D eigenvalue weighted by atomic mass is 14.2. The minimum absolute atomic E-state index is 0.250. The molecule has 0 aromatic rings. The summed E-state index contributed by atoms with van der Waals surface area (Å²) in [5.74, 6) is 5.36. The molecule has 1 aliphatic rings. The molecule has 0 heteroatoms. The molecule has 0 heterocycles. The Balaban J connectivity index is 2.67. The van der Waals surface area contributed by atoms with Gasteiger partial charge in [0.15, 0.2) is 0 Å². The fourth-order valence-corrected chi connectivity index (χ4v) is 0.671. The molecule has 0 N–H and O–H groups in total. The van der Waals surface area contributed by atoms with Gasteiger partial charge in [-0.25, -0.2) is 0 Å². The van der Waals surface area contributed by atoms with Crippen molar-refractivity contribution in [1.82, 2.24) is 0 Å². The van der Waals surface area contributed by atoms with Crippen LogP contribution in [0.25, 0.3) is 0 Å². The van der Waals surface area contributed by atoms with Crippen LogP contribution < -0.4 is 0 Å². The lowest BCUT2D eigenvalue weighted by molar-refractivity contribution is 0.750. The van der Waals surface area contributed by atoms with Crippen molar-refractivity contribution in [2.75, 3.05) is 0 Å². The Bertz CT molecular complexity index is 195. The SMILES string of the molecule is C#CC1=CCC1C#C. The lowest BCUT2D eigenvalue weighted by Gasteiger charge is -2.15. The first-order valence-corrected chi connectivity index (χ1v) is 2.51. The predicted octanol–water partition coefficient (Wildman–Crippen LogP) is 1.20. The molecule has 0 aromatic carbocycles. The summed E-state index contributed by atoms with van der Waals surface area (Å²) in [6.07, 6.45) is 13.2. The molecule has 0 saturated carbocycles. The van der Waals surface area contributed by atoms with E-state index in [0.717, 1.165) is 12.0 Å². The van der Waals surface area contributed by atoms with Gasteiger partial charge in [-0.3, -0.25) is 0 Å². The molecule has 0 aromatic heterocycles. The van der Waals surface area contributed by atoms with Gasteiger partial charge in [0.1, 0.15) is 0 Å². The Morgan fingerprint density at radius 1 is 1.62 bits per heavy atom. The minimum Gasteiger partial charge on any atom is -0.119 e. The van der Waals surface area contributed by atoms with Gasteiger partial charge in [-0.15, -0.1) is 12.8 Å². The maximum absolute atomic E-state index is 5.11. The van der Waals surface area contributed by atoms with Crippen molar-refractivity contribution >= 4 is 0 Å². The average molecular weight is 102 g/mol. The Labute approximate surface area is 49.6 Å². The number of rotatable bonds is 0. The van der Waals surface area contributed by atoms with E-state index >= 15 is 0 Å². The monoisotopic (exact) mass is 102 g/mol. The van der Waals surface area contributed by atoms with E-state index in [0.29, 0.717) is 0 Å². The van der Waals surface area contributed by atoms with Crippen LogP contribution in [-0.4, -0.2) is 0 Å². The summed E-state index contributed by atoms with van der Waals surface area (Å²) < 4.78 is 0. The smallest absolute Gasteiger partial charge is 0.0560 e. The zero-order chi connectivity index (χ0) is 5.98. The predicted molar refractivity (Wildman–Crippen MR) is 33.9 cm³/mol. The standard InChI is InChI=1S/C8H6/c1-3-7-5-6-8(7)4-2/h1-2,5,8H,6H2. The van der Waals surface area contributed by atoms with Crippen molar-refractivity contribution in [3.63, 3.8) is 0 Å². The van der Waals surface area contributed by atoms with Crippen molar-refractivity contribution in [3.8, 4) is 24.7 Å². The van der Waals surface area contributed by atoms with E-state index in [1.165, 1.54) is 0 Å². The molecule has 1 aliphatic carbocycles. The normalized spacial score (nSPS) is 24.2. The summed E-state index contributed by atoms with van der Waals surface area (Å²) in [6, 6.07) is 0. The van der Waals surface area contributed by atoms with Crippen molar-refractivity contribution in [1.29, 1.82) is 0 Å². The van der Waals surface area contributed by atoms with Crippen LogP contribution in [0.15, 0.2) is 11.6 Å². The highest BCUT2D eigenvalue weighted by Crippen LogP contribution is 2.24. The molecule has 0 saturated heterocycles. The molecule has 1 rings (SSSR count). The second-order valence-corrected chi connectivity index (χ2v) is 1.76. The maximum Gasteiger partial charge on any atom is 0.0560 e. The Kier molecular flexibility index (Phi) is 1.10. The molecule has 38 valence electrons. The van der Waals surface area contributed by atoms with Crippen LogP contribution in [0.5, 0.6) is 0 Å². The third kappa shape index (κ3) is 0.515. The van der Waals surface area contributed by atoms with Gasteiger partial charge < -0.3 is 0 Å². The van der Waals surface area contributed by atoms with Crippen LogP contribution in [0.2, 0.25) is 0 Å². The molecular weight excluding hydrogens is 96.1 g/mol. The van der Waals surface area contributed by atoms with Crippen molar-refractivity contribution in [3.05, 3.63) is 11.6 Å². The highest BCUT2D eigenvalue weighted by molar-refractivity contribution is 5.39. The zero-order valence-corrected chi connectivity index (χ0v) is 4.52. The van der Waals surface area contributed by atoms with Gasteiger partial charge in [0, 0.05) is 5.57 Å². The van der Waals surface area contributed by atoms with E-state index in [-0.39, 0.29) is 5.92 Å². The fraction of sp³-hybridized carbons (Fsp3) is 0.250. The largest absolute Gasteiger partial charge is 0.119 e. The summed E-state index contributed by atoms with van der Waals surface area (Å²) in [5, 5.41) is 0. The molecule has 0 spiro atoms. The third-order valence-corrected chi connectivity index (χ3v) is 1.32. The van der Waals surface area contributed by atoms with Crippen LogP contribution in [0.1, 0.15) is 6.42 Å². The number of allylic oxidation sites excluding steroid dienone is 2. The van der Waals surface area contributed by atoms with E-state index in [2.05, 4.69) is 11.8 Å². The molecule has 1 atom stereocenters. The van der Waals surface area contributed by atoms with Crippen molar-refractivity contribution in [2.24, 2.45) is 5.92 Å². The second kappa shape index (κ2) is 1.76. The molecular formula is C8H6. The van der Waals surface area contributed by atoms with Gasteiger partial charge in [0.2, 0.25) is 0 Å². The molecule has 1 unspecified atom stereocenters. The number of hydrogen-bond acceptors (Lipinski definition) is 0. The van der Waals surface area contributed by atoms with E-state index in [1.807, 2.05) is 6.08 Å². The van der Waals surface area contributed by atoms with Gasteiger partial charge in [0.25, 0.3) is 0 Å². The van der Waals surface area contributed by atoms with E-state index in [9.17, 15) is 0 Å². The summed E-state index contributed by atoms with van der Waals surface area (Å²) in [6.45, 7) is 0. The maximum atomic E-state index is 5.11. The first-order valence-electron chi connectivity index (χ1n) is 2.51. The van der Waals surface area contributed by atoms with Crippen LogP contribution in [0, 0.1) is 30.6 Å². The summed E-state index contributed by atoms with van der Waals surface area (Å²) >= 11 is 0. The average Bonchev–Trinajstić information content (AvgIpc) is 1.66. The Morgan fingerprint density at radius 2 is 2.38 bits per heavy atom. The summed E-state index contributed by atoms with van der Waals surface area (Å²) in [4.78, 5) is 0. The molecule has 0 radical (unpaired) electrons. The molecule has 0 bridgehead atoms. The van der Waals surface area contributed by atoms with Gasteiger partial charge in [-0.1, -0.05) is 17.9 Å². The molecule has 0 amide bonds. The highest BCUT2D eigenvalue weighted by Gasteiger charge is 2.15. The Hall–Kier alpha value is -1.14. The second-order valence-electron chi connectivity index (χ2n) is 1.76. The fourth-order valence-electron chi connectivity index (χ4n) is 0.671. The van der Waals surface area contributed by atoms with E-state index in [1.54, 1.807) is 0 Å². The Morgan fingerprint density at radius 3 is 2.50 bits per heavy atom. The van der Waals surface area contributed by atoms with Gasteiger partial charge in [-0.05, 0) is 6.42 Å². The van der Waals surface area contributed by atoms with Gasteiger partial charge in [0.05, 0.1) is 5.92 Å². The van der Waals surface area contributed by atoms with Crippen LogP contribution in [0.3, 0.4) is 0 Å². The third-order valence-electron chi connectivity index (χ3n) is 1.32. The van der Waals surface area contributed by atoms with Crippen LogP contribution in [-0.2, 0) is 0 Å².